The van der Waals surface area contributed by atoms with Crippen molar-refractivity contribution in [2.75, 3.05) is 13.1 Å². The van der Waals surface area contributed by atoms with E-state index >= 15 is 0 Å². The van der Waals surface area contributed by atoms with Crippen LogP contribution in [0.15, 0.2) is 0 Å². The van der Waals surface area contributed by atoms with Gasteiger partial charge in [-0.15, -0.1) is 0 Å². The third-order valence-electron chi connectivity index (χ3n) is 3.29. The first kappa shape index (κ1) is 12.0. The Morgan fingerprint density at radius 3 is 2.36 bits per heavy atom. The summed E-state index contributed by atoms with van der Waals surface area (Å²) < 4.78 is 0. The molecule has 0 spiro atoms. The van der Waals surface area contributed by atoms with Crippen LogP contribution in [0.5, 0.6) is 0 Å². The fourth-order valence-corrected chi connectivity index (χ4v) is 1.67. The Labute approximate surface area is 88.8 Å². The van der Waals surface area contributed by atoms with Crippen molar-refractivity contribution < 1.29 is 0 Å². The van der Waals surface area contributed by atoms with Crippen LogP contribution in [0.25, 0.3) is 0 Å². The van der Waals surface area contributed by atoms with Crippen molar-refractivity contribution in [3.63, 3.8) is 0 Å². The quantitative estimate of drug-likeness (QED) is 0.709. The molecule has 2 N–H and O–H groups in total. The van der Waals surface area contributed by atoms with Crippen molar-refractivity contribution in [3.8, 4) is 0 Å². The van der Waals surface area contributed by atoms with E-state index in [9.17, 15) is 0 Å². The fraction of sp³-hybridized carbons (Fsp3) is 1.00. The molecule has 1 saturated carbocycles. The van der Waals surface area contributed by atoms with E-state index in [2.05, 4.69) is 32.6 Å². The lowest BCUT2D eigenvalue weighted by Gasteiger charge is -2.34. The second-order valence-corrected chi connectivity index (χ2v) is 5.47. The van der Waals surface area contributed by atoms with E-state index in [0.717, 1.165) is 18.9 Å². The van der Waals surface area contributed by atoms with E-state index < -0.39 is 0 Å². The molecule has 0 aromatic carbocycles. The molecule has 1 fully saturated rings. The minimum Gasteiger partial charge on any atom is -0.324 e. The molecule has 1 aliphatic rings. The monoisotopic (exact) mass is 198 g/mol. The van der Waals surface area contributed by atoms with Gasteiger partial charge in [-0.25, -0.2) is 0 Å². The Hall–Kier alpha value is -0.0800. The summed E-state index contributed by atoms with van der Waals surface area (Å²) in [6, 6.07) is 0.630. The maximum absolute atomic E-state index is 6.21. The Morgan fingerprint density at radius 2 is 2.00 bits per heavy atom. The van der Waals surface area contributed by atoms with Crippen LogP contribution in [0.2, 0.25) is 0 Å². The van der Waals surface area contributed by atoms with Gasteiger partial charge in [-0.2, -0.15) is 0 Å². The molecule has 1 aliphatic carbocycles. The number of nitrogens with zero attached hydrogens (tertiary/aromatic N) is 1. The van der Waals surface area contributed by atoms with Gasteiger partial charge in [0, 0.05) is 24.7 Å². The smallest absolute Gasteiger partial charge is 0.0252 e. The molecule has 0 aliphatic heterocycles. The summed E-state index contributed by atoms with van der Waals surface area (Å²) in [5.41, 5.74) is 6.19. The van der Waals surface area contributed by atoms with Crippen LogP contribution < -0.4 is 5.73 Å². The van der Waals surface area contributed by atoms with Crippen LogP contribution in [-0.4, -0.2) is 29.6 Å². The largest absolute Gasteiger partial charge is 0.324 e. The lowest BCUT2D eigenvalue weighted by Crippen LogP contribution is -2.50. The predicted molar refractivity (Wildman–Crippen MR) is 62.3 cm³/mol. The molecule has 14 heavy (non-hydrogen) atoms. The molecule has 0 amide bonds. The zero-order chi connectivity index (χ0) is 10.8. The van der Waals surface area contributed by atoms with Gasteiger partial charge < -0.3 is 5.73 Å². The predicted octanol–water partition coefficient (Wildman–Crippen LogP) is 2.23. The van der Waals surface area contributed by atoms with E-state index in [1.54, 1.807) is 0 Å². The standard InChI is InChI=1S/C12H26N2/c1-5-12(4,13)9-14(10(2)3)8-11-6-7-11/h10-11H,5-9,13H2,1-4H3. The molecule has 0 bridgehead atoms. The molecule has 0 radical (unpaired) electrons. The summed E-state index contributed by atoms with van der Waals surface area (Å²) in [5, 5.41) is 0. The van der Waals surface area contributed by atoms with Crippen molar-refractivity contribution in [1.82, 2.24) is 4.90 Å². The minimum absolute atomic E-state index is 0.0147. The van der Waals surface area contributed by atoms with Crippen molar-refractivity contribution >= 4 is 0 Å². The van der Waals surface area contributed by atoms with Crippen LogP contribution in [0.4, 0.5) is 0 Å². The van der Waals surface area contributed by atoms with E-state index in [4.69, 9.17) is 5.73 Å². The first-order valence-electron chi connectivity index (χ1n) is 5.97. The van der Waals surface area contributed by atoms with Crippen LogP contribution in [0, 0.1) is 5.92 Å². The number of hydrogen-bond donors (Lipinski definition) is 1. The summed E-state index contributed by atoms with van der Waals surface area (Å²) >= 11 is 0. The third kappa shape index (κ3) is 3.97. The SMILES string of the molecule is CCC(C)(N)CN(CC1CC1)C(C)C. The Bertz CT molecular complexity index is 171. The normalized spacial score (nSPS) is 21.6. The molecule has 84 valence electrons. The second kappa shape index (κ2) is 4.63. The van der Waals surface area contributed by atoms with Gasteiger partial charge in [0.25, 0.3) is 0 Å². The second-order valence-electron chi connectivity index (χ2n) is 5.47. The van der Waals surface area contributed by atoms with Gasteiger partial charge in [0.05, 0.1) is 0 Å². The van der Waals surface area contributed by atoms with Gasteiger partial charge in [-0.1, -0.05) is 6.92 Å². The number of nitrogens with two attached hydrogens (primary N) is 1. The average molecular weight is 198 g/mol. The molecular weight excluding hydrogens is 172 g/mol. The Kier molecular flexibility index (Phi) is 3.96. The maximum atomic E-state index is 6.21. The lowest BCUT2D eigenvalue weighted by atomic mass is 9.99. The van der Waals surface area contributed by atoms with E-state index in [0.29, 0.717) is 6.04 Å². The summed E-state index contributed by atoms with van der Waals surface area (Å²) in [5.74, 6) is 0.963. The summed E-state index contributed by atoms with van der Waals surface area (Å²) in [6.07, 6.45) is 3.91. The van der Waals surface area contributed by atoms with Gasteiger partial charge in [0.15, 0.2) is 0 Å². The van der Waals surface area contributed by atoms with Gasteiger partial charge >= 0.3 is 0 Å². The fourth-order valence-electron chi connectivity index (χ4n) is 1.67. The third-order valence-corrected chi connectivity index (χ3v) is 3.29. The molecule has 0 aromatic heterocycles. The van der Waals surface area contributed by atoms with Gasteiger partial charge in [0.1, 0.15) is 0 Å². The molecule has 1 unspecified atom stereocenters. The van der Waals surface area contributed by atoms with Crippen LogP contribution in [0.1, 0.15) is 47.0 Å². The molecule has 0 saturated heterocycles. The zero-order valence-electron chi connectivity index (χ0n) is 10.2. The summed E-state index contributed by atoms with van der Waals surface area (Å²) in [4.78, 5) is 2.54. The van der Waals surface area contributed by atoms with Crippen molar-refractivity contribution in [3.05, 3.63) is 0 Å². The lowest BCUT2D eigenvalue weighted by molar-refractivity contribution is 0.167. The topological polar surface area (TPSA) is 29.3 Å². The minimum atomic E-state index is -0.0147. The highest BCUT2D eigenvalue weighted by atomic mass is 15.2. The molecule has 0 heterocycles. The van der Waals surface area contributed by atoms with E-state index in [1.807, 2.05) is 0 Å². The van der Waals surface area contributed by atoms with Crippen LogP contribution >= 0.6 is 0 Å². The van der Waals surface area contributed by atoms with Gasteiger partial charge in [-0.05, 0) is 46.0 Å². The highest BCUT2D eigenvalue weighted by Gasteiger charge is 2.28. The van der Waals surface area contributed by atoms with Crippen molar-refractivity contribution in [2.45, 2.75) is 58.5 Å². The van der Waals surface area contributed by atoms with E-state index in [1.165, 1.54) is 19.4 Å². The van der Waals surface area contributed by atoms with Crippen LogP contribution in [-0.2, 0) is 0 Å². The highest BCUT2D eigenvalue weighted by molar-refractivity contribution is 4.86. The Morgan fingerprint density at radius 1 is 1.43 bits per heavy atom. The molecule has 0 aromatic rings. The number of hydrogen-bond acceptors (Lipinski definition) is 2. The van der Waals surface area contributed by atoms with Crippen molar-refractivity contribution in [1.29, 1.82) is 0 Å². The Balaban J connectivity index is 2.41. The first-order valence-corrected chi connectivity index (χ1v) is 5.97. The molecule has 1 atom stereocenters. The summed E-state index contributed by atoms with van der Waals surface area (Å²) in [7, 11) is 0. The number of rotatable bonds is 6. The molecular formula is C12H26N2. The van der Waals surface area contributed by atoms with Crippen LogP contribution in [0.3, 0.4) is 0 Å². The summed E-state index contributed by atoms with van der Waals surface area (Å²) in [6.45, 7) is 11.2. The average Bonchev–Trinajstić information content (AvgIpc) is 2.86. The van der Waals surface area contributed by atoms with Crippen molar-refractivity contribution in [2.24, 2.45) is 11.7 Å². The van der Waals surface area contributed by atoms with Gasteiger partial charge in [0.2, 0.25) is 0 Å². The molecule has 2 nitrogen and oxygen atoms in total. The molecule has 2 heteroatoms. The molecule has 1 rings (SSSR count). The maximum Gasteiger partial charge on any atom is 0.0252 e. The first-order chi connectivity index (χ1) is 6.44. The van der Waals surface area contributed by atoms with E-state index in [-0.39, 0.29) is 5.54 Å². The van der Waals surface area contributed by atoms with Gasteiger partial charge in [-0.3, -0.25) is 4.90 Å². The highest BCUT2D eigenvalue weighted by Crippen LogP contribution is 2.30. The zero-order valence-corrected chi connectivity index (χ0v) is 10.2.